The Labute approximate surface area is 152 Å². The third-order valence-corrected chi connectivity index (χ3v) is 4.56. The molecule has 0 saturated carbocycles. The Kier molecular flexibility index (Phi) is 6.17. The summed E-state index contributed by atoms with van der Waals surface area (Å²) in [5.41, 5.74) is 1.68. The average molecular weight is 399 g/mol. The van der Waals surface area contributed by atoms with Crippen molar-refractivity contribution in [2.24, 2.45) is 16.0 Å². The van der Waals surface area contributed by atoms with Crippen LogP contribution < -0.4 is 5.73 Å². The molecule has 27 heavy (non-hydrogen) atoms. The van der Waals surface area contributed by atoms with E-state index < -0.39 is 30.8 Å². The number of benzene rings is 2. The molecule has 0 aliphatic carbocycles. The highest BCUT2D eigenvalue weighted by Crippen LogP contribution is 2.59. The van der Waals surface area contributed by atoms with Crippen molar-refractivity contribution >= 4 is 24.9 Å². The van der Waals surface area contributed by atoms with Crippen LogP contribution in [0.25, 0.3) is 0 Å². The van der Waals surface area contributed by atoms with Crippen LogP contribution in [0.1, 0.15) is 11.1 Å². The summed E-state index contributed by atoms with van der Waals surface area (Å²) in [6.07, 6.45) is 0.155. The summed E-state index contributed by atoms with van der Waals surface area (Å²) in [4.78, 5) is 28.1. The molecule has 144 valence electrons. The number of nitrogens with two attached hydrogens (primary N) is 1. The van der Waals surface area contributed by atoms with Crippen molar-refractivity contribution in [2.75, 3.05) is 0 Å². The van der Waals surface area contributed by atoms with Crippen molar-refractivity contribution in [1.82, 2.24) is 0 Å². The molecule has 5 N–H and O–H groups in total. The van der Waals surface area contributed by atoms with Gasteiger partial charge in [0.2, 0.25) is 0 Å². The Balaban J connectivity index is 2.08. The summed E-state index contributed by atoms with van der Waals surface area (Å²) in [5.74, 6) is -1.11. The Bertz CT molecular complexity index is 882. The molecule has 2 aromatic rings. The Morgan fingerprint density at radius 1 is 1.04 bits per heavy atom. The van der Waals surface area contributed by atoms with E-state index in [0.717, 1.165) is 24.3 Å². The first kappa shape index (κ1) is 20.8. The van der Waals surface area contributed by atoms with E-state index in [1.54, 1.807) is 24.3 Å². The molecule has 2 aromatic carbocycles. The van der Waals surface area contributed by atoms with Crippen LogP contribution in [-0.2, 0) is 21.4 Å². The van der Waals surface area contributed by atoms with Crippen LogP contribution in [0, 0.1) is 0 Å². The Morgan fingerprint density at radius 3 is 1.89 bits per heavy atom. The molecule has 2 rings (SSSR count). The van der Waals surface area contributed by atoms with E-state index in [1.807, 2.05) is 0 Å². The maximum Gasteiger partial charge on any atom is 0.399 e. The second-order valence-corrected chi connectivity index (χ2v) is 7.30. The van der Waals surface area contributed by atoms with Gasteiger partial charge in [-0.2, -0.15) is 19.0 Å². The highest BCUT2D eigenvalue weighted by molar-refractivity contribution is 7.52. The van der Waals surface area contributed by atoms with E-state index in [1.165, 1.54) is 0 Å². The van der Waals surface area contributed by atoms with Crippen molar-refractivity contribution in [3.05, 3.63) is 59.7 Å². The van der Waals surface area contributed by atoms with Crippen molar-refractivity contribution in [1.29, 1.82) is 0 Å². The third kappa shape index (κ3) is 5.24. The number of carbonyl (C=O) groups is 1. The lowest BCUT2D eigenvalue weighted by molar-refractivity contribution is -0.138. The molecule has 0 unspecified atom stereocenters. The zero-order valence-electron chi connectivity index (χ0n) is 13.7. The minimum atomic E-state index is -5.62. The van der Waals surface area contributed by atoms with Crippen molar-refractivity contribution in [3.8, 4) is 0 Å². The van der Waals surface area contributed by atoms with Gasteiger partial charge >= 0.3 is 19.2 Å². The van der Waals surface area contributed by atoms with Gasteiger partial charge in [0.1, 0.15) is 6.04 Å². The van der Waals surface area contributed by atoms with E-state index in [9.17, 15) is 18.1 Å². The zero-order chi connectivity index (χ0) is 20.2. The molecular formula is C16H16F2N3O5P. The fourth-order valence-electron chi connectivity index (χ4n) is 2.05. The van der Waals surface area contributed by atoms with Crippen molar-refractivity contribution in [2.45, 2.75) is 18.1 Å². The molecule has 0 aliphatic heterocycles. The lowest BCUT2D eigenvalue weighted by atomic mass is 10.1. The highest BCUT2D eigenvalue weighted by atomic mass is 31.2. The number of aliphatic carboxylic acids is 1. The summed E-state index contributed by atoms with van der Waals surface area (Å²) in [5, 5.41) is 16.5. The second kappa shape index (κ2) is 8.01. The summed E-state index contributed by atoms with van der Waals surface area (Å²) in [6, 6.07) is 9.48. The molecule has 0 aromatic heterocycles. The predicted molar refractivity (Wildman–Crippen MR) is 92.3 cm³/mol. The number of rotatable bonds is 7. The number of hydrogen-bond donors (Lipinski definition) is 4. The van der Waals surface area contributed by atoms with Crippen LogP contribution in [0.15, 0.2) is 58.8 Å². The largest absolute Gasteiger partial charge is 0.480 e. The van der Waals surface area contributed by atoms with E-state index >= 15 is 0 Å². The minimum Gasteiger partial charge on any atom is -0.480 e. The molecule has 0 amide bonds. The highest BCUT2D eigenvalue weighted by Gasteiger charge is 2.50. The van der Waals surface area contributed by atoms with Gasteiger partial charge in [0, 0.05) is 5.56 Å². The number of nitrogens with zero attached hydrogens (tertiary/aromatic N) is 2. The molecule has 0 spiro atoms. The summed E-state index contributed by atoms with van der Waals surface area (Å²) in [6.45, 7) is 0. The Morgan fingerprint density at radius 2 is 1.48 bits per heavy atom. The molecule has 8 nitrogen and oxygen atoms in total. The normalized spacial score (nSPS) is 13.7. The number of alkyl halides is 2. The number of halogens is 2. The van der Waals surface area contributed by atoms with Crippen LogP contribution in [0.2, 0.25) is 0 Å². The van der Waals surface area contributed by atoms with Gasteiger partial charge < -0.3 is 20.6 Å². The first-order valence-electron chi connectivity index (χ1n) is 7.54. The van der Waals surface area contributed by atoms with Gasteiger partial charge in [-0.3, -0.25) is 9.36 Å². The van der Waals surface area contributed by atoms with Crippen LogP contribution in [0.4, 0.5) is 20.2 Å². The standard InChI is InChI=1S/C16H16F2N3O5P/c17-16(18,27(24,25)26)11-3-7-13(8-4-11)21-20-12-5-1-10(2-6-12)9-14(19)15(22)23/h1-8,14H,9,19H2,(H,22,23)(H2,24,25,26)/t14-/m0/s1. The topological polar surface area (TPSA) is 146 Å². The minimum absolute atomic E-state index is 0.155. The Hall–Kier alpha value is -2.52. The SMILES string of the molecule is N[C@@H](Cc1ccc(N=Nc2ccc(C(F)(F)P(=O)(O)O)cc2)cc1)C(=O)O. The van der Waals surface area contributed by atoms with Crippen LogP contribution in [-0.4, -0.2) is 26.9 Å². The third-order valence-electron chi connectivity index (χ3n) is 3.57. The van der Waals surface area contributed by atoms with Crippen LogP contribution in [0.3, 0.4) is 0 Å². The fraction of sp³-hybridized carbons (Fsp3) is 0.188. The van der Waals surface area contributed by atoms with Gasteiger partial charge in [-0.25, -0.2) is 0 Å². The predicted octanol–water partition coefficient (Wildman–Crippen LogP) is 3.28. The number of carboxylic acid groups (broad SMARTS) is 1. The maximum absolute atomic E-state index is 13.6. The molecule has 0 heterocycles. The number of hydrogen-bond acceptors (Lipinski definition) is 5. The van der Waals surface area contributed by atoms with Crippen molar-refractivity contribution in [3.63, 3.8) is 0 Å². The number of azo groups is 1. The summed E-state index contributed by atoms with van der Waals surface area (Å²) >= 11 is 0. The van der Waals surface area contributed by atoms with Gasteiger partial charge in [-0.1, -0.05) is 24.3 Å². The van der Waals surface area contributed by atoms with Gasteiger partial charge in [0.25, 0.3) is 0 Å². The van der Waals surface area contributed by atoms with E-state index in [0.29, 0.717) is 11.3 Å². The van der Waals surface area contributed by atoms with Crippen LogP contribution in [0.5, 0.6) is 0 Å². The quantitative estimate of drug-likeness (QED) is 0.415. The lowest BCUT2D eigenvalue weighted by Crippen LogP contribution is -2.32. The first-order valence-corrected chi connectivity index (χ1v) is 9.15. The summed E-state index contributed by atoms with van der Waals surface area (Å²) in [7, 11) is -5.62. The van der Waals surface area contributed by atoms with E-state index in [4.69, 9.17) is 20.6 Å². The smallest absolute Gasteiger partial charge is 0.399 e. The molecule has 0 saturated heterocycles. The molecule has 1 atom stereocenters. The fourth-order valence-corrected chi connectivity index (χ4v) is 2.54. The zero-order valence-corrected chi connectivity index (χ0v) is 14.6. The lowest BCUT2D eigenvalue weighted by Gasteiger charge is -2.17. The van der Waals surface area contributed by atoms with E-state index in [2.05, 4.69) is 10.2 Å². The molecule has 0 radical (unpaired) electrons. The summed E-state index contributed by atoms with van der Waals surface area (Å²) < 4.78 is 38.0. The average Bonchev–Trinajstić information content (AvgIpc) is 2.60. The molecule has 0 aliphatic rings. The molecule has 0 bridgehead atoms. The first-order chi connectivity index (χ1) is 12.5. The van der Waals surface area contributed by atoms with Crippen molar-refractivity contribution < 1.29 is 33.0 Å². The van der Waals surface area contributed by atoms with E-state index in [-0.39, 0.29) is 12.1 Å². The van der Waals surface area contributed by atoms with Gasteiger partial charge in [0.15, 0.2) is 0 Å². The van der Waals surface area contributed by atoms with Crippen LogP contribution >= 0.6 is 7.60 Å². The maximum atomic E-state index is 13.6. The van der Waals surface area contributed by atoms with Gasteiger partial charge in [-0.15, -0.1) is 0 Å². The van der Waals surface area contributed by atoms with Gasteiger partial charge in [-0.05, 0) is 36.2 Å². The molecule has 0 fully saturated rings. The monoisotopic (exact) mass is 399 g/mol. The molecular weight excluding hydrogens is 383 g/mol. The number of carboxylic acids is 1. The molecule has 11 heteroatoms. The second-order valence-electron chi connectivity index (χ2n) is 5.65. The van der Waals surface area contributed by atoms with Gasteiger partial charge in [0.05, 0.1) is 11.4 Å².